The predicted molar refractivity (Wildman–Crippen MR) is 568 cm³/mol. The lowest BCUT2D eigenvalue weighted by molar-refractivity contribution is -0.171. The van der Waals surface area contributed by atoms with E-state index in [1.807, 2.05) is 59.8 Å². The first-order chi connectivity index (χ1) is 67.0. The summed E-state index contributed by atoms with van der Waals surface area (Å²) in [6.45, 7) is 70.5. The van der Waals surface area contributed by atoms with Crippen molar-refractivity contribution in [3.05, 3.63) is 58.4 Å². The number of allylic oxidation sites excluding steroid dienone is 1. The van der Waals surface area contributed by atoms with Crippen LogP contribution < -0.4 is 0 Å². The Hall–Kier alpha value is -3.35. The Bertz CT molecular complexity index is 5280. The molecule has 0 bridgehead atoms. The lowest BCUT2D eigenvalue weighted by Crippen LogP contribution is -2.62. The smallest absolute Gasteiger partial charge is 0.241 e. The van der Waals surface area contributed by atoms with E-state index in [1.165, 1.54) is 73.8 Å². The molecule has 0 radical (unpaired) electrons. The van der Waals surface area contributed by atoms with Gasteiger partial charge in [0.1, 0.15) is 36.0 Å². The summed E-state index contributed by atoms with van der Waals surface area (Å²) in [5.41, 5.74) is 4.31. The minimum absolute atomic E-state index is 0.00348. The van der Waals surface area contributed by atoms with Gasteiger partial charge < -0.3 is 66.5 Å². The average molecular weight is 2060 g/mol. The summed E-state index contributed by atoms with van der Waals surface area (Å²) in [6.07, 6.45) is 37.7. The monoisotopic (exact) mass is 2060 g/mol. The molecule has 810 valence electrons. The van der Waals surface area contributed by atoms with Gasteiger partial charge in [-0.05, 0) is 444 Å². The van der Waals surface area contributed by atoms with E-state index >= 15 is 0 Å². The van der Waals surface area contributed by atoms with E-state index in [-0.39, 0.29) is 160 Å². The largest absolute Gasteiger partial charge is 0.548 e. The molecule has 145 heavy (non-hydrogen) atoms. The molecular weight excluding hydrogens is 1870 g/mol. The number of ketones is 6. The number of fused-ring (bicyclic) bond motifs is 37. The van der Waals surface area contributed by atoms with Crippen LogP contribution in [0.4, 0.5) is 0 Å². The Morgan fingerprint density at radius 1 is 0.303 bits per heavy atom. The summed E-state index contributed by atoms with van der Waals surface area (Å²) in [6, 6.07) is 0. The van der Waals surface area contributed by atoms with Gasteiger partial charge in [0.05, 0.1) is 60.7 Å². The summed E-state index contributed by atoms with van der Waals surface area (Å²) < 4.78 is 73.5. The maximum Gasteiger partial charge on any atom is 0.241 e. The first kappa shape index (κ1) is 109. The number of carbonyl (C=O) groups excluding carboxylic acids is 6. The molecule has 0 aromatic carbocycles. The van der Waals surface area contributed by atoms with Crippen LogP contribution in [0, 0.1) is 149 Å². The van der Waals surface area contributed by atoms with E-state index in [4.69, 9.17) is 51.2 Å². The van der Waals surface area contributed by atoms with Crippen molar-refractivity contribution in [3.8, 4) is 0 Å². The Morgan fingerprint density at radius 2 is 0.614 bits per heavy atom. The molecule has 15 saturated carbocycles. The van der Waals surface area contributed by atoms with E-state index < -0.39 is 60.3 Å². The third-order valence-corrected chi connectivity index (χ3v) is 57.6. The summed E-state index contributed by atoms with van der Waals surface area (Å²) in [5.74, 6) is 7.24. The van der Waals surface area contributed by atoms with Crippen LogP contribution in [0.5, 0.6) is 0 Å². The van der Waals surface area contributed by atoms with Crippen LogP contribution in [-0.4, -0.2) is 177 Å². The average Bonchev–Trinajstić information content (AvgIpc) is 1.59. The van der Waals surface area contributed by atoms with E-state index in [1.54, 1.807) is 6.08 Å². The molecule has 19 fully saturated rings. The van der Waals surface area contributed by atoms with Crippen molar-refractivity contribution in [1.82, 2.24) is 0 Å². The lowest BCUT2D eigenvalue weighted by atomic mass is 9.44. The molecule has 4 heterocycles. The second kappa shape index (κ2) is 35.8. The number of carbonyl (C=O) groups is 6. The summed E-state index contributed by atoms with van der Waals surface area (Å²) in [5, 5.41) is 32.7. The summed E-state index contributed by atoms with van der Waals surface area (Å²) >= 11 is 0. The SMILES string of the molecule is CC1(C)O[C@@H]2C3=CC(=O)CC[C@]3(C)C3CC[C@@]4(C)C(CC[C@@H]4O)C3[C@H]2O1.CC1(C)O[C@@H]2C3=CC(=O)CC[C@]3(C)C3CC[C@@]4(C)C(CC[C@@H]4O[Si](C)(C)C(C)(C)C)C3[C@H]2O1.CC1(C)O[C@@H]2C3=CC(=O)CC[C@]3(C)C3CC[C@]4(C)C(=O)CCC4C3[C@H]2O1.CC1(C)O[C@@H]2C3C(CC[C@@]4(C)C3CC[C@@H]4O[Si](C)(C)C(C)(C)C)[C@@]3(C)CCC(O[Si](C)(C)C)=CC3[C@H]2O1.C[C@]12CCC(=O)C=C1[C@@H](O)[C@H](O)C1C2CC[C@]2(C)C(=O)CCC12. The Morgan fingerprint density at radius 3 is 1.02 bits per heavy atom. The maximum atomic E-state index is 12.7. The number of aliphatic hydroxyl groups is 3. The van der Waals surface area contributed by atoms with Crippen LogP contribution in [-0.2, 0) is 79.9 Å². The van der Waals surface area contributed by atoms with Crippen LogP contribution in [0.3, 0.4) is 0 Å². The van der Waals surface area contributed by atoms with Crippen molar-refractivity contribution in [2.45, 2.75) is 517 Å². The van der Waals surface area contributed by atoms with E-state index in [0.717, 1.165) is 108 Å². The molecule has 16 unspecified atom stereocenters. The van der Waals surface area contributed by atoms with E-state index in [2.05, 4.69) is 177 Å². The molecule has 0 aromatic rings. The second-order valence-electron chi connectivity index (χ2n) is 60.3. The predicted octanol–water partition coefficient (Wildman–Crippen LogP) is 24.6. The molecule has 3 N–H and O–H groups in total. The third-order valence-electron chi connectivity index (χ3n) is 47.8. The second-order valence-corrected chi connectivity index (χ2v) is 74.2. The normalized spacial score (nSPS) is 49.7. The van der Waals surface area contributed by atoms with E-state index in [0.29, 0.717) is 139 Å². The van der Waals surface area contributed by atoms with Gasteiger partial charge in [0, 0.05) is 61.7 Å². The topological polar surface area (TPSA) is 265 Å². The van der Waals surface area contributed by atoms with Crippen LogP contribution in [0.2, 0.25) is 55.9 Å². The van der Waals surface area contributed by atoms with Gasteiger partial charge in [0.2, 0.25) is 8.32 Å². The standard InChI is InChI=1S/C31H56O4Si2.C28H46O4Si.C22H32O4.C22H30O4.C19H26O4/c1-28(2,3)37(11,12)35-24-14-13-21-25-22(16-18-31(21,24)7)30(6)17-15-20(34-36(8,9)10)19-23(30)26-27(25)33-29(4,5)32-26;1-25(2,3)33(8,9)32-21-11-10-18-22-19(13-15-28(18,21)7)27(6)14-12-17(29)16-20(27)23-24(22)31-26(4,5)30-23;2*1-20(2)25-18-15-11-12(23)7-9-21(15,3)14-8-10-22(4)13(5-6-16(22)24)17(14)19(18)26-20;1-18-7-5-10(20)9-13(18)16(22)17(23)15-11-3-4-14(21)19(11,2)8-6-12(15)18/h19,21-27H,13-18H2,1-12H3;16,18-19,21-24H,10-15H2,1-9H3;11,13-14,16-19,24H,5-10H2,1-4H3;11,13-14,17-19H,5-10H2,1-4H3;9,11-12,15-17,22-23H,3-8H2,1-2H3/t21?,22?,23?,24-,25?,26+,27+,30+,31-;18?,19?,21-,22?,23+,24+,27+,28-;13?,14?,16-,17?,18+,19+,21+,22-;13?,14?,17?,18-,19-,21-,22+;11?,12?,15?,16-,17-,18-,19+/m00011/s1. The summed E-state index contributed by atoms with van der Waals surface area (Å²) in [4.78, 5) is 73.9. The first-order valence-corrected chi connectivity index (χ1v) is 67.5. The third kappa shape index (κ3) is 17.4. The fraction of sp³-hybridized carbons (Fsp3) is 0.869. The lowest BCUT2D eigenvalue weighted by Gasteiger charge is -2.62. The van der Waals surface area contributed by atoms with Crippen LogP contribution >= 0.6 is 0 Å². The van der Waals surface area contributed by atoms with Crippen molar-refractivity contribution >= 4 is 59.7 Å². The van der Waals surface area contributed by atoms with Crippen molar-refractivity contribution in [3.63, 3.8) is 0 Å². The zero-order valence-corrected chi connectivity index (χ0v) is 98.1. The van der Waals surface area contributed by atoms with Gasteiger partial charge in [-0.25, -0.2) is 0 Å². The Labute approximate surface area is 873 Å². The maximum absolute atomic E-state index is 12.7. The highest BCUT2D eigenvalue weighted by Gasteiger charge is 2.75. The summed E-state index contributed by atoms with van der Waals surface area (Å²) in [7, 11) is -5.31. The Balaban J connectivity index is 0.000000111. The number of ether oxygens (including phenoxy) is 8. The molecule has 20 aliphatic carbocycles. The highest BCUT2D eigenvalue weighted by atomic mass is 28.4. The van der Waals surface area contributed by atoms with Crippen molar-refractivity contribution in [1.29, 1.82) is 0 Å². The number of hydrogen-bond donors (Lipinski definition) is 3. The van der Waals surface area contributed by atoms with Crippen molar-refractivity contribution in [2.75, 3.05) is 0 Å². The molecular formula is C122H190O20Si3. The first-order valence-electron chi connectivity index (χ1n) is 58.3. The quantitative estimate of drug-likeness (QED) is 0.209. The molecule has 23 heteroatoms. The number of aliphatic hydroxyl groups excluding tert-OH is 3. The van der Waals surface area contributed by atoms with Gasteiger partial charge in [0.25, 0.3) is 0 Å². The highest BCUT2D eigenvalue weighted by molar-refractivity contribution is 6.74. The molecule has 24 aliphatic rings. The van der Waals surface area contributed by atoms with E-state index in [9.17, 15) is 44.1 Å². The molecule has 0 amide bonds. The number of hydrogen-bond acceptors (Lipinski definition) is 20. The van der Waals surface area contributed by atoms with Crippen molar-refractivity contribution in [2.24, 2.45) is 149 Å². The minimum Gasteiger partial charge on any atom is -0.548 e. The molecule has 39 atom stereocenters. The molecule has 4 saturated heterocycles. The van der Waals surface area contributed by atoms with Crippen LogP contribution in [0.1, 0.15) is 359 Å². The van der Waals surface area contributed by atoms with Gasteiger partial charge in [-0.2, -0.15) is 0 Å². The van der Waals surface area contributed by atoms with Gasteiger partial charge >= 0.3 is 0 Å². The van der Waals surface area contributed by atoms with Crippen LogP contribution in [0.15, 0.2) is 58.4 Å². The van der Waals surface area contributed by atoms with Crippen LogP contribution in [0.25, 0.3) is 0 Å². The highest BCUT2D eigenvalue weighted by Crippen LogP contribution is 2.76. The fourth-order valence-corrected chi connectivity index (χ4v) is 41.9. The minimum atomic E-state index is -1.84. The molecule has 0 spiro atoms. The van der Waals surface area contributed by atoms with Gasteiger partial charge in [-0.15, -0.1) is 0 Å². The van der Waals surface area contributed by atoms with Crippen molar-refractivity contribution < 1.29 is 95.3 Å². The zero-order valence-electron chi connectivity index (χ0n) is 95.1. The van der Waals surface area contributed by atoms with Gasteiger partial charge in [0.15, 0.2) is 62.9 Å². The molecule has 20 nitrogen and oxygen atoms in total. The zero-order chi connectivity index (χ0) is 105. The number of Topliss-reactive ketones (excluding diaryl/α,β-unsaturated/α-hetero) is 2. The van der Waals surface area contributed by atoms with Gasteiger partial charge in [-0.1, -0.05) is 111 Å². The molecule has 0 aromatic heterocycles. The molecule has 4 aliphatic heterocycles. The number of rotatable bonds is 6. The molecule has 24 rings (SSSR count). The Kier molecular flexibility index (Phi) is 26.8. The fourth-order valence-electron chi connectivity index (χ4n) is 38.0. The van der Waals surface area contributed by atoms with Gasteiger partial charge in [-0.3, -0.25) is 28.8 Å².